The van der Waals surface area contributed by atoms with Crippen molar-refractivity contribution in [1.82, 2.24) is 5.32 Å². The van der Waals surface area contributed by atoms with Gasteiger partial charge in [0.1, 0.15) is 6.54 Å². The van der Waals surface area contributed by atoms with Gasteiger partial charge in [0.2, 0.25) is 11.8 Å². The summed E-state index contributed by atoms with van der Waals surface area (Å²) in [6, 6.07) is 7.74. The van der Waals surface area contributed by atoms with Crippen molar-refractivity contribution in [2.24, 2.45) is 23.7 Å². The Morgan fingerprint density at radius 3 is 2.46 bits per heavy atom. The van der Waals surface area contributed by atoms with Crippen LogP contribution in [0.5, 0.6) is 0 Å². The highest BCUT2D eigenvalue weighted by Gasteiger charge is 2.48. The van der Waals surface area contributed by atoms with Crippen LogP contribution in [0.2, 0.25) is 0 Å². The molecule has 4 bridgehead atoms. The highest BCUT2D eigenvalue weighted by molar-refractivity contribution is 6.11. The molecule has 0 unspecified atom stereocenters. The van der Waals surface area contributed by atoms with Gasteiger partial charge in [0.25, 0.3) is 0 Å². The molecule has 1 aliphatic heterocycles. The first-order chi connectivity index (χ1) is 12.6. The molecule has 0 aromatic heterocycles. The topological polar surface area (TPSA) is 61.4 Å². The average Bonchev–Trinajstić information content (AvgIpc) is 2.62. The molecular weight excluding hydrogens is 326 g/mol. The third-order valence-corrected chi connectivity index (χ3v) is 7.08. The van der Waals surface area contributed by atoms with Crippen molar-refractivity contribution in [3.8, 4) is 0 Å². The molecule has 0 saturated heterocycles. The number of carbonyl (C=O) groups excluding carboxylic acids is 2. The summed E-state index contributed by atoms with van der Waals surface area (Å²) in [5, 5.41) is 6.54. The fourth-order valence-corrected chi connectivity index (χ4v) is 6.22. The van der Waals surface area contributed by atoms with Gasteiger partial charge in [0.15, 0.2) is 0 Å². The predicted octanol–water partition coefficient (Wildman–Crippen LogP) is 2.77. The van der Waals surface area contributed by atoms with E-state index in [-0.39, 0.29) is 24.4 Å². The van der Waals surface area contributed by atoms with Gasteiger partial charge in [-0.1, -0.05) is 12.1 Å². The minimum atomic E-state index is -0.267. The summed E-state index contributed by atoms with van der Waals surface area (Å²) in [5.41, 5.74) is 1.52. The Hall–Kier alpha value is -1.88. The first-order valence-electron chi connectivity index (χ1n) is 10.0. The molecule has 5 nitrogen and oxygen atoms in total. The van der Waals surface area contributed by atoms with Gasteiger partial charge in [0.05, 0.1) is 17.4 Å². The lowest BCUT2D eigenvalue weighted by atomic mass is 9.54. The summed E-state index contributed by atoms with van der Waals surface area (Å²) in [7, 11) is 0. The van der Waals surface area contributed by atoms with Crippen molar-refractivity contribution in [1.29, 1.82) is 0 Å². The van der Waals surface area contributed by atoms with Crippen LogP contribution in [0.4, 0.5) is 11.4 Å². The standard InChI is InChI=1S/C21H27N3O2/c1-12(22-20-15-7-13-6-14(9-15)10-16(20)8-13)21(26)24-11-19(25)23-17-4-2-3-5-18(17)24/h2-5,12-16,20,22H,6-11H2,1H3,(H,23,25)/t12-,13?,14?,15?,16?,20?/m1/s1. The molecule has 0 spiro atoms. The van der Waals surface area contributed by atoms with Crippen molar-refractivity contribution in [3.63, 3.8) is 0 Å². The lowest BCUT2D eigenvalue weighted by Gasteiger charge is -2.55. The average molecular weight is 353 g/mol. The zero-order chi connectivity index (χ0) is 17.8. The van der Waals surface area contributed by atoms with E-state index in [4.69, 9.17) is 0 Å². The number of para-hydroxylation sites is 2. The number of hydrogen-bond donors (Lipinski definition) is 2. The number of rotatable bonds is 3. The maximum Gasteiger partial charge on any atom is 0.244 e. The summed E-state index contributed by atoms with van der Waals surface area (Å²) in [6.07, 6.45) is 6.77. The zero-order valence-corrected chi connectivity index (χ0v) is 15.3. The number of benzene rings is 1. The van der Waals surface area contributed by atoms with E-state index in [1.54, 1.807) is 4.90 Å². The van der Waals surface area contributed by atoms with E-state index in [1.807, 2.05) is 31.2 Å². The van der Waals surface area contributed by atoms with Gasteiger partial charge in [-0.2, -0.15) is 0 Å². The molecule has 138 valence electrons. The summed E-state index contributed by atoms with van der Waals surface area (Å²) >= 11 is 0. The number of carbonyl (C=O) groups is 2. The van der Waals surface area contributed by atoms with E-state index in [9.17, 15) is 9.59 Å². The first kappa shape index (κ1) is 16.3. The highest BCUT2D eigenvalue weighted by atomic mass is 16.2. The Morgan fingerprint density at radius 2 is 1.77 bits per heavy atom. The second-order valence-corrected chi connectivity index (χ2v) is 8.83. The van der Waals surface area contributed by atoms with Gasteiger partial charge in [-0.25, -0.2) is 0 Å². The van der Waals surface area contributed by atoms with Crippen LogP contribution in [-0.2, 0) is 9.59 Å². The lowest BCUT2D eigenvalue weighted by molar-refractivity contribution is -0.123. The van der Waals surface area contributed by atoms with Crippen LogP contribution in [0.15, 0.2) is 24.3 Å². The van der Waals surface area contributed by atoms with Crippen molar-refractivity contribution < 1.29 is 9.59 Å². The molecule has 4 aliphatic carbocycles. The molecule has 5 aliphatic rings. The highest BCUT2D eigenvalue weighted by Crippen LogP contribution is 2.53. The number of hydrogen-bond acceptors (Lipinski definition) is 3. The maximum absolute atomic E-state index is 13.2. The summed E-state index contributed by atoms with van der Waals surface area (Å²) in [5.74, 6) is 3.20. The van der Waals surface area contributed by atoms with E-state index in [2.05, 4.69) is 10.6 Å². The monoisotopic (exact) mass is 353 g/mol. The molecule has 1 atom stereocenters. The Labute approximate surface area is 154 Å². The van der Waals surface area contributed by atoms with Gasteiger partial charge in [-0.15, -0.1) is 0 Å². The van der Waals surface area contributed by atoms with Crippen LogP contribution >= 0.6 is 0 Å². The Kier molecular flexibility index (Phi) is 3.82. The predicted molar refractivity (Wildman–Crippen MR) is 101 cm³/mol. The van der Waals surface area contributed by atoms with Crippen molar-refractivity contribution in [2.75, 3.05) is 16.8 Å². The van der Waals surface area contributed by atoms with E-state index in [1.165, 1.54) is 32.1 Å². The Balaban J connectivity index is 1.32. The van der Waals surface area contributed by atoms with Crippen molar-refractivity contribution in [2.45, 2.75) is 51.1 Å². The molecule has 1 heterocycles. The van der Waals surface area contributed by atoms with Crippen molar-refractivity contribution >= 4 is 23.2 Å². The molecule has 6 rings (SSSR count). The van der Waals surface area contributed by atoms with Gasteiger partial charge in [0, 0.05) is 6.04 Å². The normalized spacial score (nSPS) is 35.8. The van der Waals surface area contributed by atoms with E-state index >= 15 is 0 Å². The fraction of sp³-hybridized carbons (Fsp3) is 0.619. The number of anilines is 2. The van der Waals surface area contributed by atoms with Crippen LogP contribution in [0, 0.1) is 23.7 Å². The van der Waals surface area contributed by atoms with Crippen LogP contribution in [0.1, 0.15) is 39.0 Å². The first-order valence-corrected chi connectivity index (χ1v) is 10.0. The number of amides is 2. The smallest absolute Gasteiger partial charge is 0.244 e. The maximum atomic E-state index is 13.2. The molecule has 4 saturated carbocycles. The molecule has 5 heteroatoms. The third kappa shape index (κ3) is 2.64. The zero-order valence-electron chi connectivity index (χ0n) is 15.3. The molecule has 0 radical (unpaired) electrons. The second-order valence-electron chi connectivity index (χ2n) is 8.83. The molecule has 2 N–H and O–H groups in total. The van der Waals surface area contributed by atoms with Gasteiger partial charge in [-0.05, 0) is 74.8 Å². The van der Waals surface area contributed by atoms with Gasteiger partial charge >= 0.3 is 0 Å². The molecule has 1 aromatic rings. The molecule has 2 amide bonds. The van der Waals surface area contributed by atoms with Crippen LogP contribution in [0.3, 0.4) is 0 Å². The third-order valence-electron chi connectivity index (χ3n) is 7.08. The van der Waals surface area contributed by atoms with E-state index in [0.29, 0.717) is 6.04 Å². The minimum absolute atomic E-state index is 0.00102. The summed E-state index contributed by atoms with van der Waals surface area (Å²) in [6.45, 7) is 2.06. The fourth-order valence-electron chi connectivity index (χ4n) is 6.22. The molecular formula is C21H27N3O2. The van der Waals surface area contributed by atoms with Crippen LogP contribution in [-0.4, -0.2) is 30.4 Å². The SMILES string of the molecule is C[C@@H](NC1C2CC3CC(C2)CC1C3)C(=O)N1CC(=O)Nc2ccccc21. The minimum Gasteiger partial charge on any atom is -0.323 e. The second kappa shape index (κ2) is 6.08. The number of fused-ring (bicyclic) bond motifs is 1. The van der Waals surface area contributed by atoms with Gasteiger partial charge < -0.3 is 10.6 Å². The Morgan fingerprint density at radius 1 is 1.12 bits per heavy atom. The number of nitrogens with zero attached hydrogens (tertiary/aromatic N) is 1. The number of nitrogens with one attached hydrogen (secondary N) is 2. The molecule has 1 aromatic carbocycles. The van der Waals surface area contributed by atoms with E-state index < -0.39 is 0 Å². The quantitative estimate of drug-likeness (QED) is 0.878. The van der Waals surface area contributed by atoms with Crippen molar-refractivity contribution in [3.05, 3.63) is 24.3 Å². The Bertz CT molecular complexity index is 719. The molecule has 26 heavy (non-hydrogen) atoms. The van der Waals surface area contributed by atoms with E-state index in [0.717, 1.165) is 35.0 Å². The summed E-state index contributed by atoms with van der Waals surface area (Å²) in [4.78, 5) is 26.8. The molecule has 4 fully saturated rings. The van der Waals surface area contributed by atoms with Gasteiger partial charge in [-0.3, -0.25) is 14.5 Å². The largest absolute Gasteiger partial charge is 0.323 e. The summed E-state index contributed by atoms with van der Waals surface area (Å²) < 4.78 is 0. The lowest BCUT2D eigenvalue weighted by Crippen LogP contribution is -2.59. The van der Waals surface area contributed by atoms with Crippen LogP contribution in [0.25, 0.3) is 0 Å². The van der Waals surface area contributed by atoms with Crippen LogP contribution < -0.4 is 15.5 Å².